The summed E-state index contributed by atoms with van der Waals surface area (Å²) in [6.45, 7) is 4.05. The Morgan fingerprint density at radius 3 is 2.62 bits per heavy atom. The first-order valence-corrected chi connectivity index (χ1v) is 6.50. The number of carbonyl (C=O) groups excluding carboxylic acids is 2. The van der Waals surface area contributed by atoms with Crippen LogP contribution in [0.1, 0.15) is 25.8 Å². The molecule has 0 aliphatic carbocycles. The summed E-state index contributed by atoms with van der Waals surface area (Å²) < 4.78 is 4.89. The van der Waals surface area contributed by atoms with Crippen LogP contribution < -0.4 is 0 Å². The van der Waals surface area contributed by atoms with Crippen molar-refractivity contribution in [3.8, 4) is 0 Å². The highest BCUT2D eigenvalue weighted by Crippen LogP contribution is 2.18. The van der Waals surface area contributed by atoms with Gasteiger partial charge in [-0.2, -0.15) is 0 Å². The maximum Gasteiger partial charge on any atom is 0.313 e. The van der Waals surface area contributed by atoms with E-state index in [0.29, 0.717) is 5.56 Å². The van der Waals surface area contributed by atoms with Gasteiger partial charge in [-0.05, 0) is 24.1 Å². The predicted molar refractivity (Wildman–Crippen MR) is 77.6 cm³/mol. The molecule has 0 aliphatic heterocycles. The molecule has 0 radical (unpaired) electrons. The van der Waals surface area contributed by atoms with E-state index in [2.05, 4.69) is 0 Å². The second-order valence-electron chi connectivity index (χ2n) is 4.87. The van der Waals surface area contributed by atoms with Gasteiger partial charge in [0.15, 0.2) is 5.78 Å². The van der Waals surface area contributed by atoms with Crippen LogP contribution in [-0.4, -0.2) is 23.3 Å². The van der Waals surface area contributed by atoms with Crippen molar-refractivity contribution in [1.82, 2.24) is 0 Å². The van der Waals surface area contributed by atoms with Crippen LogP contribution in [0.5, 0.6) is 0 Å². The lowest BCUT2D eigenvalue weighted by atomic mass is 10.1. The van der Waals surface area contributed by atoms with E-state index in [1.165, 1.54) is 18.2 Å². The summed E-state index contributed by atoms with van der Waals surface area (Å²) in [5, 5.41) is 10.8. The molecule has 112 valence electrons. The molecule has 0 amide bonds. The Bertz CT molecular complexity index is 563. The van der Waals surface area contributed by atoms with E-state index in [0.717, 1.165) is 6.08 Å². The van der Waals surface area contributed by atoms with Crippen LogP contribution in [0, 0.1) is 16.0 Å². The zero-order valence-electron chi connectivity index (χ0n) is 11.9. The first-order chi connectivity index (χ1) is 9.90. The predicted octanol–water partition coefficient (Wildman–Crippen LogP) is 2.77. The Kier molecular flexibility index (Phi) is 6.26. The molecule has 0 atom stereocenters. The van der Waals surface area contributed by atoms with Crippen LogP contribution in [0.4, 0.5) is 5.69 Å². The smallest absolute Gasteiger partial charge is 0.313 e. The monoisotopic (exact) mass is 291 g/mol. The fraction of sp³-hybridized carbons (Fsp3) is 0.333. The zero-order valence-corrected chi connectivity index (χ0v) is 11.9. The van der Waals surface area contributed by atoms with Crippen LogP contribution in [0.25, 0.3) is 6.08 Å². The van der Waals surface area contributed by atoms with Gasteiger partial charge in [-0.3, -0.25) is 19.7 Å². The number of hydrogen-bond acceptors (Lipinski definition) is 5. The van der Waals surface area contributed by atoms with Gasteiger partial charge in [-0.25, -0.2) is 0 Å². The minimum Gasteiger partial charge on any atom is -0.465 e. The number of para-hydroxylation sites is 1. The topological polar surface area (TPSA) is 86.5 Å². The van der Waals surface area contributed by atoms with Crippen molar-refractivity contribution in [2.45, 2.75) is 20.3 Å². The van der Waals surface area contributed by atoms with E-state index in [1.807, 2.05) is 13.8 Å². The lowest BCUT2D eigenvalue weighted by molar-refractivity contribution is -0.385. The number of ether oxygens (including phenoxy) is 1. The van der Waals surface area contributed by atoms with E-state index in [9.17, 15) is 19.7 Å². The summed E-state index contributed by atoms with van der Waals surface area (Å²) in [5.74, 6) is -0.852. The molecule has 21 heavy (non-hydrogen) atoms. The average Bonchev–Trinajstić information content (AvgIpc) is 2.43. The number of ketones is 1. The number of nitrogens with zero attached hydrogens (tertiary/aromatic N) is 1. The normalized spacial score (nSPS) is 10.8. The number of allylic oxidation sites excluding steroid dienone is 1. The Morgan fingerprint density at radius 1 is 1.33 bits per heavy atom. The second-order valence-corrected chi connectivity index (χ2v) is 4.87. The minimum atomic E-state index is -0.596. The number of esters is 1. The first-order valence-electron chi connectivity index (χ1n) is 6.50. The largest absolute Gasteiger partial charge is 0.465 e. The van der Waals surface area contributed by atoms with Crippen molar-refractivity contribution in [3.05, 3.63) is 46.0 Å². The van der Waals surface area contributed by atoms with E-state index >= 15 is 0 Å². The highest BCUT2D eigenvalue weighted by molar-refractivity contribution is 6.04. The Hall–Kier alpha value is -2.50. The molecule has 0 aliphatic rings. The highest BCUT2D eigenvalue weighted by Gasteiger charge is 2.12. The molecule has 6 nitrogen and oxygen atoms in total. The van der Waals surface area contributed by atoms with Crippen molar-refractivity contribution in [1.29, 1.82) is 0 Å². The fourth-order valence-electron chi connectivity index (χ4n) is 1.49. The molecule has 0 fully saturated rings. The fourth-order valence-corrected chi connectivity index (χ4v) is 1.49. The van der Waals surface area contributed by atoms with Gasteiger partial charge in [0.1, 0.15) is 6.42 Å². The molecule has 0 aromatic heterocycles. The van der Waals surface area contributed by atoms with Gasteiger partial charge in [0.25, 0.3) is 5.69 Å². The third-order valence-corrected chi connectivity index (χ3v) is 2.48. The summed E-state index contributed by atoms with van der Waals surface area (Å²) in [5.41, 5.74) is 0.218. The van der Waals surface area contributed by atoms with Crippen molar-refractivity contribution < 1.29 is 19.2 Å². The number of nitro groups is 1. The molecule has 6 heteroatoms. The van der Waals surface area contributed by atoms with Crippen molar-refractivity contribution >= 4 is 23.5 Å². The first kappa shape index (κ1) is 16.6. The average molecular weight is 291 g/mol. The standard InChI is InChI=1S/C15H17NO5/c1-11(2)10-21-15(18)9-13(17)8-7-12-5-3-4-6-14(12)16(19)20/h3-8,11H,9-10H2,1-2H3. The molecule has 0 spiro atoms. The third-order valence-electron chi connectivity index (χ3n) is 2.48. The molecule has 0 saturated carbocycles. The molecular formula is C15H17NO5. The molecule has 0 N–H and O–H groups in total. The number of hydrogen-bond donors (Lipinski definition) is 0. The molecular weight excluding hydrogens is 274 g/mol. The van der Waals surface area contributed by atoms with Gasteiger partial charge in [-0.1, -0.05) is 26.0 Å². The molecule has 0 heterocycles. The maximum atomic E-state index is 11.6. The van der Waals surface area contributed by atoms with Crippen LogP contribution in [0.2, 0.25) is 0 Å². The van der Waals surface area contributed by atoms with E-state index < -0.39 is 16.7 Å². The lowest BCUT2D eigenvalue weighted by Crippen LogP contribution is -2.13. The van der Waals surface area contributed by atoms with Crippen LogP contribution >= 0.6 is 0 Å². The van der Waals surface area contributed by atoms with Gasteiger partial charge in [-0.15, -0.1) is 0 Å². The van der Waals surface area contributed by atoms with Gasteiger partial charge in [0.05, 0.1) is 17.1 Å². The minimum absolute atomic E-state index is 0.0936. The number of benzene rings is 1. The Balaban J connectivity index is 2.63. The maximum absolute atomic E-state index is 11.6. The van der Waals surface area contributed by atoms with Crippen molar-refractivity contribution in [2.24, 2.45) is 5.92 Å². The summed E-state index contributed by atoms with van der Waals surface area (Å²) in [6, 6.07) is 6.05. The Labute approximate surface area is 122 Å². The zero-order chi connectivity index (χ0) is 15.8. The molecule has 0 saturated heterocycles. The van der Waals surface area contributed by atoms with Gasteiger partial charge in [0, 0.05) is 6.07 Å². The van der Waals surface area contributed by atoms with Crippen molar-refractivity contribution in [2.75, 3.05) is 6.61 Å². The lowest BCUT2D eigenvalue weighted by Gasteiger charge is -2.05. The quantitative estimate of drug-likeness (QED) is 0.253. The molecule has 1 aromatic carbocycles. The van der Waals surface area contributed by atoms with Gasteiger partial charge >= 0.3 is 5.97 Å². The van der Waals surface area contributed by atoms with Crippen LogP contribution in [0.3, 0.4) is 0 Å². The van der Waals surface area contributed by atoms with E-state index in [4.69, 9.17) is 4.74 Å². The van der Waals surface area contributed by atoms with E-state index in [-0.39, 0.29) is 24.6 Å². The molecule has 1 rings (SSSR count). The molecule has 0 bridgehead atoms. The SMILES string of the molecule is CC(C)COC(=O)CC(=O)C=Cc1ccccc1[N+](=O)[O-]. The van der Waals surface area contributed by atoms with Crippen LogP contribution in [0.15, 0.2) is 30.3 Å². The summed E-state index contributed by atoms with van der Waals surface area (Å²) in [7, 11) is 0. The van der Waals surface area contributed by atoms with E-state index in [1.54, 1.807) is 12.1 Å². The molecule has 0 unspecified atom stereocenters. The second kappa shape index (κ2) is 7.94. The number of rotatable bonds is 7. The van der Waals surface area contributed by atoms with Gasteiger partial charge in [0.2, 0.25) is 0 Å². The van der Waals surface area contributed by atoms with Crippen LogP contribution in [-0.2, 0) is 14.3 Å². The Morgan fingerprint density at radius 2 is 2.00 bits per heavy atom. The third kappa shape index (κ3) is 5.99. The molecule has 1 aromatic rings. The highest BCUT2D eigenvalue weighted by atomic mass is 16.6. The summed E-state index contributed by atoms with van der Waals surface area (Å²) >= 11 is 0. The number of carbonyl (C=O) groups is 2. The number of nitro benzene ring substituents is 1. The summed E-state index contributed by atoms with van der Waals surface area (Å²) in [6.07, 6.45) is 2.11. The summed E-state index contributed by atoms with van der Waals surface area (Å²) in [4.78, 5) is 33.2. The van der Waals surface area contributed by atoms with Gasteiger partial charge < -0.3 is 4.74 Å². The van der Waals surface area contributed by atoms with Crippen molar-refractivity contribution in [3.63, 3.8) is 0 Å².